The van der Waals surface area contributed by atoms with Crippen LogP contribution in [0.1, 0.15) is 62.5 Å². The average molecular weight is 424 g/mol. The summed E-state index contributed by atoms with van der Waals surface area (Å²) in [6.07, 6.45) is 1.69. The predicted octanol–water partition coefficient (Wildman–Crippen LogP) is 7.76. The van der Waals surface area contributed by atoms with Gasteiger partial charge in [-0.1, -0.05) is 37.8 Å². The molecule has 1 aliphatic carbocycles. The smallest absolute Gasteiger partial charge is 0.206 e. The highest BCUT2D eigenvalue weighted by molar-refractivity contribution is 5.66. The standard InChI is InChI=1S/C24H22F6/c1-2-3-15-4-6-16(7-5-15)17-8-9-19(21(25)12-17)18-13-22(26)20(23(27)14-18)10-11-24(28,29)30/h8-9,12-16H,2-7H2,1H3. The molecule has 0 aromatic heterocycles. The Kier molecular flexibility index (Phi) is 6.80. The van der Waals surface area contributed by atoms with Crippen molar-refractivity contribution in [2.45, 2.75) is 57.5 Å². The molecule has 0 nitrogen and oxygen atoms in total. The van der Waals surface area contributed by atoms with Crippen LogP contribution in [0.25, 0.3) is 11.1 Å². The molecule has 30 heavy (non-hydrogen) atoms. The molecule has 0 saturated heterocycles. The fourth-order valence-corrected chi connectivity index (χ4v) is 4.19. The van der Waals surface area contributed by atoms with Gasteiger partial charge in [0.25, 0.3) is 0 Å². The quantitative estimate of drug-likeness (QED) is 0.348. The summed E-state index contributed by atoms with van der Waals surface area (Å²) in [7, 11) is 0. The number of hydrogen-bond acceptors (Lipinski definition) is 0. The molecule has 1 fully saturated rings. The van der Waals surface area contributed by atoms with Crippen molar-refractivity contribution in [3.8, 4) is 23.0 Å². The van der Waals surface area contributed by atoms with Crippen molar-refractivity contribution in [1.29, 1.82) is 0 Å². The van der Waals surface area contributed by atoms with Gasteiger partial charge in [-0.25, -0.2) is 13.2 Å². The lowest BCUT2D eigenvalue weighted by Gasteiger charge is -2.28. The van der Waals surface area contributed by atoms with Gasteiger partial charge in [0, 0.05) is 11.5 Å². The van der Waals surface area contributed by atoms with Crippen molar-refractivity contribution in [3.05, 3.63) is 58.9 Å². The van der Waals surface area contributed by atoms with Gasteiger partial charge in [-0.15, -0.1) is 0 Å². The topological polar surface area (TPSA) is 0 Å². The molecule has 0 amide bonds. The number of hydrogen-bond donors (Lipinski definition) is 0. The van der Waals surface area contributed by atoms with E-state index in [4.69, 9.17) is 0 Å². The molecule has 2 aromatic rings. The maximum absolute atomic E-state index is 14.7. The van der Waals surface area contributed by atoms with Crippen molar-refractivity contribution < 1.29 is 26.3 Å². The Hall–Kier alpha value is -2.42. The van der Waals surface area contributed by atoms with Crippen LogP contribution in [0.2, 0.25) is 0 Å². The van der Waals surface area contributed by atoms with Gasteiger partial charge in [-0.05, 0) is 66.8 Å². The van der Waals surface area contributed by atoms with Gasteiger partial charge >= 0.3 is 6.18 Å². The Balaban J connectivity index is 1.82. The Bertz CT molecular complexity index is 933. The van der Waals surface area contributed by atoms with Gasteiger partial charge in [-0.3, -0.25) is 0 Å². The van der Waals surface area contributed by atoms with Gasteiger partial charge in [-0.2, -0.15) is 13.2 Å². The molecule has 1 aliphatic rings. The second-order valence-corrected chi connectivity index (χ2v) is 7.81. The summed E-state index contributed by atoms with van der Waals surface area (Å²) in [5.74, 6) is 0.140. The summed E-state index contributed by atoms with van der Waals surface area (Å²) in [4.78, 5) is 0. The van der Waals surface area contributed by atoms with Crippen LogP contribution in [0.15, 0.2) is 30.3 Å². The number of benzene rings is 2. The van der Waals surface area contributed by atoms with E-state index in [0.717, 1.165) is 61.6 Å². The van der Waals surface area contributed by atoms with Gasteiger partial charge in [0.05, 0.1) is 5.56 Å². The largest absolute Gasteiger partial charge is 0.458 e. The van der Waals surface area contributed by atoms with E-state index >= 15 is 0 Å². The summed E-state index contributed by atoms with van der Waals surface area (Å²) in [5, 5.41) is 0. The summed E-state index contributed by atoms with van der Waals surface area (Å²) in [5.41, 5.74) is -0.221. The minimum atomic E-state index is -4.87. The zero-order valence-corrected chi connectivity index (χ0v) is 16.6. The first kappa shape index (κ1) is 22.3. The zero-order valence-electron chi connectivity index (χ0n) is 16.6. The molecular weight excluding hydrogens is 402 g/mol. The summed E-state index contributed by atoms with van der Waals surface area (Å²) >= 11 is 0. The molecule has 0 spiro atoms. The van der Waals surface area contributed by atoms with Crippen molar-refractivity contribution in [2.75, 3.05) is 0 Å². The average Bonchev–Trinajstić information content (AvgIpc) is 2.67. The minimum Gasteiger partial charge on any atom is -0.206 e. The Morgan fingerprint density at radius 2 is 1.53 bits per heavy atom. The van der Waals surface area contributed by atoms with E-state index in [1.807, 2.05) is 0 Å². The monoisotopic (exact) mass is 424 g/mol. The van der Waals surface area contributed by atoms with Crippen LogP contribution in [-0.2, 0) is 0 Å². The molecule has 0 heterocycles. The van der Waals surface area contributed by atoms with Crippen molar-refractivity contribution in [3.63, 3.8) is 0 Å². The molecule has 0 radical (unpaired) electrons. The molecule has 0 aliphatic heterocycles. The lowest BCUT2D eigenvalue weighted by Crippen LogP contribution is -2.13. The molecule has 2 aromatic carbocycles. The van der Waals surface area contributed by atoms with Gasteiger partial charge in [0.1, 0.15) is 17.5 Å². The normalized spacial score (nSPS) is 19.3. The van der Waals surface area contributed by atoms with Crippen molar-refractivity contribution >= 4 is 0 Å². The molecule has 6 heteroatoms. The first-order valence-electron chi connectivity index (χ1n) is 10.1. The van der Waals surface area contributed by atoms with Crippen LogP contribution in [-0.4, -0.2) is 6.18 Å². The van der Waals surface area contributed by atoms with E-state index in [0.29, 0.717) is 0 Å². The number of halogens is 6. The van der Waals surface area contributed by atoms with E-state index in [1.165, 1.54) is 24.5 Å². The van der Waals surface area contributed by atoms with Gasteiger partial charge in [0.15, 0.2) is 0 Å². The molecule has 0 bridgehead atoms. The summed E-state index contributed by atoms with van der Waals surface area (Å²) in [6, 6.07) is 6.23. The minimum absolute atomic E-state index is 0.00782. The summed E-state index contributed by atoms with van der Waals surface area (Å²) < 4.78 is 79.6. The van der Waals surface area contributed by atoms with Crippen LogP contribution in [0.3, 0.4) is 0 Å². The third kappa shape index (κ3) is 5.38. The van der Waals surface area contributed by atoms with Crippen LogP contribution in [0.4, 0.5) is 26.3 Å². The number of rotatable bonds is 4. The van der Waals surface area contributed by atoms with E-state index in [2.05, 4.69) is 6.92 Å². The molecule has 0 unspecified atom stereocenters. The maximum Gasteiger partial charge on any atom is 0.458 e. The van der Waals surface area contributed by atoms with Crippen LogP contribution < -0.4 is 0 Å². The molecule has 0 N–H and O–H groups in total. The Labute approximate surface area is 172 Å². The fraction of sp³-hybridized carbons (Fsp3) is 0.417. The maximum atomic E-state index is 14.7. The molecule has 3 rings (SSSR count). The van der Waals surface area contributed by atoms with Crippen LogP contribution >= 0.6 is 0 Å². The molecule has 160 valence electrons. The van der Waals surface area contributed by atoms with Gasteiger partial charge in [0.2, 0.25) is 0 Å². The first-order valence-corrected chi connectivity index (χ1v) is 10.1. The van der Waals surface area contributed by atoms with Crippen molar-refractivity contribution in [2.24, 2.45) is 5.92 Å². The fourth-order valence-electron chi connectivity index (χ4n) is 4.19. The predicted molar refractivity (Wildman–Crippen MR) is 104 cm³/mol. The van der Waals surface area contributed by atoms with E-state index in [1.54, 1.807) is 6.07 Å². The molecule has 1 saturated carbocycles. The van der Waals surface area contributed by atoms with E-state index in [-0.39, 0.29) is 17.0 Å². The van der Waals surface area contributed by atoms with Crippen LogP contribution in [0.5, 0.6) is 0 Å². The molecular formula is C24H22F6. The van der Waals surface area contributed by atoms with Crippen molar-refractivity contribution in [1.82, 2.24) is 0 Å². The second kappa shape index (κ2) is 9.16. The molecule has 0 atom stereocenters. The Morgan fingerprint density at radius 1 is 0.900 bits per heavy atom. The first-order chi connectivity index (χ1) is 14.2. The lowest BCUT2D eigenvalue weighted by molar-refractivity contribution is -0.0696. The highest BCUT2D eigenvalue weighted by atomic mass is 19.4. The highest BCUT2D eigenvalue weighted by Gasteiger charge is 2.24. The van der Waals surface area contributed by atoms with Gasteiger partial charge < -0.3 is 0 Å². The zero-order chi connectivity index (χ0) is 21.9. The SMILES string of the molecule is CCCC1CCC(c2ccc(-c3cc(F)c(C#CC(F)(F)F)c(F)c3)c(F)c2)CC1. The Morgan fingerprint density at radius 3 is 2.07 bits per heavy atom. The highest BCUT2D eigenvalue weighted by Crippen LogP contribution is 2.38. The second-order valence-electron chi connectivity index (χ2n) is 7.81. The van der Waals surface area contributed by atoms with E-state index < -0.39 is 29.2 Å². The third-order valence-corrected chi connectivity index (χ3v) is 5.69. The third-order valence-electron chi connectivity index (χ3n) is 5.69. The van der Waals surface area contributed by atoms with E-state index in [9.17, 15) is 26.3 Å². The lowest BCUT2D eigenvalue weighted by atomic mass is 9.77. The number of alkyl halides is 3. The van der Waals surface area contributed by atoms with Crippen LogP contribution in [0, 0.1) is 35.2 Å². The summed E-state index contributed by atoms with van der Waals surface area (Å²) in [6.45, 7) is 2.17.